The lowest BCUT2D eigenvalue weighted by atomic mass is 10.2. The van der Waals surface area contributed by atoms with Crippen molar-refractivity contribution >= 4 is 39.1 Å². The first-order valence-corrected chi connectivity index (χ1v) is 9.72. The lowest BCUT2D eigenvalue weighted by Crippen LogP contribution is -2.19. The standard InChI is InChI=1S/C19H17ClN2O4S/c1-2-22-14-9-15-16(25-8-7-24-15)10-17(14)27-19(22)21-18(23)11-26-13-5-3-12(20)4-6-13/h3-6,9-10H,2,7-8,11H2,1H3. The molecule has 0 saturated heterocycles. The van der Waals surface area contributed by atoms with Crippen LogP contribution in [0.25, 0.3) is 10.2 Å². The van der Waals surface area contributed by atoms with Gasteiger partial charge in [0.15, 0.2) is 22.9 Å². The number of carbonyl (C=O) groups is 1. The van der Waals surface area contributed by atoms with Crippen LogP contribution >= 0.6 is 22.9 Å². The van der Waals surface area contributed by atoms with E-state index >= 15 is 0 Å². The SMILES string of the molecule is CCn1c(=NC(=O)COc2ccc(Cl)cc2)sc2cc3c(cc21)OCCO3. The van der Waals surface area contributed by atoms with Crippen molar-refractivity contribution in [3.8, 4) is 17.2 Å². The first kappa shape index (κ1) is 17.9. The summed E-state index contributed by atoms with van der Waals surface area (Å²) in [6.07, 6.45) is 0. The highest BCUT2D eigenvalue weighted by Crippen LogP contribution is 2.35. The number of hydrogen-bond acceptors (Lipinski definition) is 5. The van der Waals surface area contributed by atoms with Gasteiger partial charge < -0.3 is 18.8 Å². The van der Waals surface area contributed by atoms with E-state index in [-0.39, 0.29) is 12.5 Å². The molecule has 3 aromatic rings. The van der Waals surface area contributed by atoms with Crippen LogP contribution in [0, 0.1) is 0 Å². The van der Waals surface area contributed by atoms with Crippen molar-refractivity contribution in [2.75, 3.05) is 19.8 Å². The van der Waals surface area contributed by atoms with Crippen LogP contribution in [0.5, 0.6) is 17.2 Å². The fourth-order valence-corrected chi connectivity index (χ4v) is 4.06. The Kier molecular flexibility index (Phi) is 5.05. The van der Waals surface area contributed by atoms with Crippen LogP contribution in [0.2, 0.25) is 5.02 Å². The van der Waals surface area contributed by atoms with Gasteiger partial charge in [0, 0.05) is 23.7 Å². The predicted molar refractivity (Wildman–Crippen MR) is 104 cm³/mol. The van der Waals surface area contributed by atoms with Gasteiger partial charge in [-0.3, -0.25) is 4.79 Å². The molecule has 0 radical (unpaired) electrons. The molecule has 4 rings (SSSR count). The fourth-order valence-electron chi connectivity index (χ4n) is 2.81. The maximum absolute atomic E-state index is 12.3. The summed E-state index contributed by atoms with van der Waals surface area (Å²) in [7, 11) is 0. The van der Waals surface area contributed by atoms with E-state index in [2.05, 4.69) is 4.99 Å². The van der Waals surface area contributed by atoms with E-state index in [4.69, 9.17) is 25.8 Å². The van der Waals surface area contributed by atoms with Crippen molar-refractivity contribution in [1.82, 2.24) is 4.57 Å². The van der Waals surface area contributed by atoms with E-state index < -0.39 is 0 Å². The highest BCUT2D eigenvalue weighted by molar-refractivity contribution is 7.16. The first-order valence-electron chi connectivity index (χ1n) is 8.53. The number of aryl methyl sites for hydroxylation is 1. The van der Waals surface area contributed by atoms with E-state index in [0.29, 0.717) is 35.3 Å². The Bertz CT molecular complexity index is 1060. The number of carbonyl (C=O) groups excluding carboxylic acids is 1. The van der Waals surface area contributed by atoms with Gasteiger partial charge in [0.2, 0.25) is 0 Å². The van der Waals surface area contributed by atoms with Crippen LogP contribution in [0.3, 0.4) is 0 Å². The quantitative estimate of drug-likeness (QED) is 0.665. The molecular formula is C19H17ClN2O4S. The Morgan fingerprint density at radius 2 is 1.93 bits per heavy atom. The number of amides is 1. The molecule has 1 aliphatic rings. The molecule has 140 valence electrons. The minimum Gasteiger partial charge on any atom is -0.486 e. The van der Waals surface area contributed by atoms with Crippen molar-refractivity contribution in [2.24, 2.45) is 4.99 Å². The Hall–Kier alpha value is -2.51. The molecule has 1 aliphatic heterocycles. The smallest absolute Gasteiger partial charge is 0.286 e. The Morgan fingerprint density at radius 3 is 2.63 bits per heavy atom. The molecule has 1 amide bonds. The van der Waals surface area contributed by atoms with E-state index in [9.17, 15) is 4.79 Å². The van der Waals surface area contributed by atoms with Gasteiger partial charge in [0.25, 0.3) is 5.91 Å². The molecule has 2 aromatic carbocycles. The number of aromatic nitrogens is 1. The van der Waals surface area contributed by atoms with Crippen molar-refractivity contribution < 1.29 is 19.0 Å². The van der Waals surface area contributed by atoms with Gasteiger partial charge in [-0.1, -0.05) is 22.9 Å². The zero-order chi connectivity index (χ0) is 18.8. The van der Waals surface area contributed by atoms with Crippen molar-refractivity contribution in [1.29, 1.82) is 0 Å². The largest absolute Gasteiger partial charge is 0.486 e. The summed E-state index contributed by atoms with van der Waals surface area (Å²) in [6, 6.07) is 10.7. The molecule has 0 unspecified atom stereocenters. The minimum absolute atomic E-state index is 0.137. The molecule has 6 nitrogen and oxygen atoms in total. The molecule has 0 aliphatic carbocycles. The van der Waals surface area contributed by atoms with Crippen molar-refractivity contribution in [3.63, 3.8) is 0 Å². The van der Waals surface area contributed by atoms with Crippen LogP contribution in [0.1, 0.15) is 6.92 Å². The van der Waals surface area contributed by atoms with E-state index in [1.165, 1.54) is 11.3 Å². The molecule has 2 heterocycles. The molecule has 0 spiro atoms. The molecule has 27 heavy (non-hydrogen) atoms. The van der Waals surface area contributed by atoms with Gasteiger partial charge in [-0.15, -0.1) is 0 Å². The van der Waals surface area contributed by atoms with Crippen molar-refractivity contribution in [3.05, 3.63) is 46.2 Å². The predicted octanol–water partition coefficient (Wildman–Crippen LogP) is 3.65. The number of hydrogen-bond donors (Lipinski definition) is 0. The Balaban J connectivity index is 1.61. The molecular weight excluding hydrogens is 388 g/mol. The van der Waals surface area contributed by atoms with Gasteiger partial charge in [0.05, 0.1) is 10.2 Å². The second-order valence-corrected chi connectivity index (χ2v) is 7.29. The highest BCUT2D eigenvalue weighted by atomic mass is 35.5. The zero-order valence-electron chi connectivity index (χ0n) is 14.6. The molecule has 0 atom stereocenters. The molecule has 1 aromatic heterocycles. The summed E-state index contributed by atoms with van der Waals surface area (Å²) < 4.78 is 19.7. The number of fused-ring (bicyclic) bond motifs is 2. The third-order valence-corrected chi connectivity index (χ3v) is 5.35. The summed E-state index contributed by atoms with van der Waals surface area (Å²) in [5.74, 6) is 1.67. The van der Waals surface area contributed by atoms with Gasteiger partial charge in [-0.2, -0.15) is 4.99 Å². The summed E-state index contributed by atoms with van der Waals surface area (Å²) in [4.78, 5) is 17.1. The second-order valence-electron chi connectivity index (χ2n) is 5.84. The van der Waals surface area contributed by atoms with Crippen LogP contribution < -0.4 is 19.0 Å². The van der Waals surface area contributed by atoms with Crippen LogP contribution in [-0.2, 0) is 11.3 Å². The topological polar surface area (TPSA) is 62.1 Å². The van der Waals surface area contributed by atoms with Gasteiger partial charge >= 0.3 is 0 Å². The zero-order valence-corrected chi connectivity index (χ0v) is 16.2. The second kappa shape index (κ2) is 7.62. The average molecular weight is 405 g/mol. The number of thiazole rings is 1. The molecule has 0 saturated carbocycles. The van der Waals surface area contributed by atoms with Gasteiger partial charge in [-0.25, -0.2) is 0 Å². The highest BCUT2D eigenvalue weighted by Gasteiger charge is 2.16. The monoisotopic (exact) mass is 404 g/mol. The van der Waals surface area contributed by atoms with Gasteiger partial charge in [0.1, 0.15) is 19.0 Å². The molecule has 0 bridgehead atoms. The number of halogens is 1. The Morgan fingerprint density at radius 1 is 1.22 bits per heavy atom. The summed E-state index contributed by atoms with van der Waals surface area (Å²) in [5, 5.41) is 0.614. The Labute approximate surface area is 164 Å². The molecule has 0 fully saturated rings. The number of benzene rings is 2. The maximum Gasteiger partial charge on any atom is 0.286 e. The first-order chi connectivity index (χ1) is 13.1. The van der Waals surface area contributed by atoms with Crippen LogP contribution in [0.15, 0.2) is 41.4 Å². The third-order valence-electron chi connectivity index (χ3n) is 4.06. The normalized spacial score (nSPS) is 13.8. The number of nitrogens with zero attached hydrogens (tertiary/aromatic N) is 2. The van der Waals surface area contributed by atoms with Gasteiger partial charge in [-0.05, 0) is 31.2 Å². The van der Waals surface area contributed by atoms with Crippen molar-refractivity contribution in [2.45, 2.75) is 13.5 Å². The third kappa shape index (κ3) is 3.79. The number of ether oxygens (including phenoxy) is 3. The minimum atomic E-state index is -0.351. The van der Waals surface area contributed by atoms with Crippen LogP contribution in [-0.4, -0.2) is 30.3 Å². The summed E-state index contributed by atoms with van der Waals surface area (Å²) in [5.41, 5.74) is 0.969. The van der Waals surface area contributed by atoms with Crippen LogP contribution in [0.4, 0.5) is 0 Å². The maximum atomic E-state index is 12.3. The van der Waals surface area contributed by atoms with E-state index in [1.807, 2.05) is 23.6 Å². The van der Waals surface area contributed by atoms with E-state index in [1.54, 1.807) is 24.3 Å². The average Bonchev–Trinajstić information content (AvgIpc) is 3.01. The lowest BCUT2D eigenvalue weighted by Gasteiger charge is -2.18. The van der Waals surface area contributed by atoms with E-state index in [0.717, 1.165) is 21.7 Å². The molecule has 0 N–H and O–H groups in total. The summed E-state index contributed by atoms with van der Waals surface area (Å²) >= 11 is 7.28. The summed E-state index contributed by atoms with van der Waals surface area (Å²) in [6.45, 7) is 3.63. The fraction of sp³-hybridized carbons (Fsp3) is 0.263. The number of rotatable bonds is 4. The lowest BCUT2D eigenvalue weighted by molar-refractivity contribution is -0.120. The molecule has 8 heteroatoms.